The average Bonchev–Trinajstić information content (AvgIpc) is 2.26. The van der Waals surface area contributed by atoms with E-state index in [0.29, 0.717) is 18.8 Å². The van der Waals surface area contributed by atoms with E-state index in [4.69, 9.17) is 10.5 Å². The number of nitrogens with one attached hydrogen (secondary N) is 1. The molecule has 1 saturated heterocycles. The van der Waals surface area contributed by atoms with Crippen molar-refractivity contribution in [3.8, 4) is 0 Å². The summed E-state index contributed by atoms with van der Waals surface area (Å²) < 4.78 is 5.97. The van der Waals surface area contributed by atoms with E-state index in [0.717, 1.165) is 4.47 Å². The van der Waals surface area contributed by atoms with Gasteiger partial charge in [0.15, 0.2) is 0 Å². The first-order chi connectivity index (χ1) is 8.51. The molecule has 0 aromatic heterocycles. The molecule has 0 spiro atoms. The summed E-state index contributed by atoms with van der Waals surface area (Å²) in [6.07, 6.45) is 0.0925. The molecule has 1 aliphatic heterocycles. The van der Waals surface area contributed by atoms with E-state index in [1.54, 1.807) is 24.3 Å². The number of primary amides is 1. The molecule has 0 radical (unpaired) electrons. The first kappa shape index (κ1) is 13.0. The lowest BCUT2D eigenvalue weighted by molar-refractivity contribution is -0.127. The SMILES string of the molecule is NC(=O)CC1(NC(=O)c2ccc(Br)cc2)COC1. The number of carbonyl (C=O) groups is 2. The zero-order chi connectivity index (χ0) is 13.2. The zero-order valence-corrected chi connectivity index (χ0v) is 11.2. The molecule has 0 atom stereocenters. The lowest BCUT2D eigenvalue weighted by atomic mass is 9.92. The lowest BCUT2D eigenvalue weighted by Crippen LogP contribution is -2.63. The number of carbonyl (C=O) groups excluding carboxylic acids is 2. The van der Waals surface area contributed by atoms with Gasteiger partial charge in [-0.05, 0) is 24.3 Å². The van der Waals surface area contributed by atoms with Crippen molar-refractivity contribution in [2.45, 2.75) is 12.0 Å². The minimum Gasteiger partial charge on any atom is -0.376 e. The van der Waals surface area contributed by atoms with Crippen LogP contribution >= 0.6 is 15.9 Å². The van der Waals surface area contributed by atoms with Crippen molar-refractivity contribution in [2.24, 2.45) is 5.73 Å². The number of hydrogen-bond donors (Lipinski definition) is 2. The Labute approximate surface area is 113 Å². The third kappa shape index (κ3) is 2.88. The van der Waals surface area contributed by atoms with Crippen molar-refractivity contribution >= 4 is 27.7 Å². The van der Waals surface area contributed by atoms with Crippen LogP contribution in [-0.2, 0) is 9.53 Å². The standard InChI is InChI=1S/C12H13BrN2O3/c13-9-3-1-8(2-4-9)11(17)15-12(5-10(14)16)6-18-7-12/h1-4H,5-7H2,(H2,14,16)(H,15,17). The summed E-state index contributed by atoms with van der Waals surface area (Å²) >= 11 is 3.30. The summed E-state index contributed by atoms with van der Waals surface area (Å²) in [7, 11) is 0. The first-order valence-corrected chi connectivity index (χ1v) is 6.24. The van der Waals surface area contributed by atoms with Crippen LogP contribution < -0.4 is 11.1 Å². The molecule has 96 valence electrons. The second-order valence-corrected chi connectivity index (χ2v) is 5.29. The van der Waals surface area contributed by atoms with Crippen molar-refractivity contribution in [1.29, 1.82) is 0 Å². The molecule has 1 aromatic rings. The molecule has 0 unspecified atom stereocenters. The molecule has 2 rings (SSSR count). The van der Waals surface area contributed by atoms with Gasteiger partial charge < -0.3 is 15.8 Å². The maximum Gasteiger partial charge on any atom is 0.251 e. The highest BCUT2D eigenvalue weighted by Crippen LogP contribution is 2.22. The summed E-state index contributed by atoms with van der Waals surface area (Å²) in [6.45, 7) is 0.635. The molecule has 18 heavy (non-hydrogen) atoms. The number of halogens is 1. The Hall–Kier alpha value is -1.40. The molecule has 1 heterocycles. The van der Waals surface area contributed by atoms with Gasteiger partial charge in [-0.25, -0.2) is 0 Å². The predicted octanol–water partition coefficient (Wildman–Crippen LogP) is 0.823. The predicted molar refractivity (Wildman–Crippen MR) is 69.0 cm³/mol. The average molecular weight is 313 g/mol. The van der Waals surface area contributed by atoms with E-state index in [2.05, 4.69) is 21.2 Å². The maximum atomic E-state index is 12.0. The molecule has 0 aliphatic carbocycles. The Balaban J connectivity index is 2.06. The summed E-state index contributed by atoms with van der Waals surface area (Å²) in [5.41, 5.74) is 5.06. The van der Waals surface area contributed by atoms with Crippen LogP contribution in [0.2, 0.25) is 0 Å². The number of ether oxygens (including phenoxy) is 1. The van der Waals surface area contributed by atoms with Crippen LogP contribution in [0, 0.1) is 0 Å². The van der Waals surface area contributed by atoms with Gasteiger partial charge in [0.1, 0.15) is 0 Å². The van der Waals surface area contributed by atoms with E-state index in [1.807, 2.05) is 0 Å². The van der Waals surface area contributed by atoms with Gasteiger partial charge in [-0.15, -0.1) is 0 Å². The van der Waals surface area contributed by atoms with Crippen LogP contribution in [0.25, 0.3) is 0 Å². The minimum absolute atomic E-state index is 0.0925. The lowest BCUT2D eigenvalue weighted by Gasteiger charge is -2.41. The number of hydrogen-bond acceptors (Lipinski definition) is 3. The molecule has 2 amide bonds. The second kappa shape index (κ2) is 5.07. The van der Waals surface area contributed by atoms with Gasteiger partial charge in [-0.2, -0.15) is 0 Å². The van der Waals surface area contributed by atoms with E-state index >= 15 is 0 Å². The van der Waals surface area contributed by atoms with Gasteiger partial charge in [0.2, 0.25) is 5.91 Å². The van der Waals surface area contributed by atoms with Gasteiger partial charge in [-0.1, -0.05) is 15.9 Å². The smallest absolute Gasteiger partial charge is 0.251 e. The number of amides is 2. The van der Waals surface area contributed by atoms with Crippen molar-refractivity contribution in [1.82, 2.24) is 5.32 Å². The molecule has 3 N–H and O–H groups in total. The highest BCUT2D eigenvalue weighted by atomic mass is 79.9. The van der Waals surface area contributed by atoms with Crippen molar-refractivity contribution in [3.05, 3.63) is 34.3 Å². The fourth-order valence-electron chi connectivity index (χ4n) is 1.81. The van der Waals surface area contributed by atoms with Gasteiger partial charge in [0.25, 0.3) is 5.91 Å². The molecular formula is C12H13BrN2O3. The van der Waals surface area contributed by atoms with Crippen LogP contribution in [0.1, 0.15) is 16.8 Å². The van der Waals surface area contributed by atoms with Crippen LogP contribution in [0.3, 0.4) is 0 Å². The molecule has 0 bridgehead atoms. The van der Waals surface area contributed by atoms with Gasteiger partial charge in [0.05, 0.1) is 25.2 Å². The quantitative estimate of drug-likeness (QED) is 0.863. The largest absolute Gasteiger partial charge is 0.376 e. The first-order valence-electron chi connectivity index (χ1n) is 5.45. The monoisotopic (exact) mass is 312 g/mol. The highest BCUT2D eigenvalue weighted by Gasteiger charge is 2.41. The van der Waals surface area contributed by atoms with Crippen LogP contribution in [0.5, 0.6) is 0 Å². The highest BCUT2D eigenvalue weighted by molar-refractivity contribution is 9.10. The van der Waals surface area contributed by atoms with Gasteiger partial charge in [-0.3, -0.25) is 9.59 Å². The van der Waals surface area contributed by atoms with E-state index in [9.17, 15) is 9.59 Å². The molecule has 5 nitrogen and oxygen atoms in total. The Bertz CT molecular complexity index is 469. The number of benzene rings is 1. The third-order valence-electron chi connectivity index (χ3n) is 2.75. The van der Waals surface area contributed by atoms with Crippen molar-refractivity contribution in [3.63, 3.8) is 0 Å². The van der Waals surface area contributed by atoms with Crippen LogP contribution in [0.4, 0.5) is 0 Å². The van der Waals surface area contributed by atoms with E-state index in [-0.39, 0.29) is 12.3 Å². The molecule has 1 aliphatic rings. The molecule has 1 aromatic carbocycles. The topological polar surface area (TPSA) is 81.4 Å². The van der Waals surface area contributed by atoms with Crippen molar-refractivity contribution < 1.29 is 14.3 Å². The molecule has 1 fully saturated rings. The molecule has 6 heteroatoms. The minimum atomic E-state index is -0.643. The van der Waals surface area contributed by atoms with Crippen LogP contribution in [0.15, 0.2) is 28.7 Å². The number of rotatable bonds is 4. The van der Waals surface area contributed by atoms with E-state index < -0.39 is 11.4 Å². The van der Waals surface area contributed by atoms with Crippen molar-refractivity contribution in [2.75, 3.05) is 13.2 Å². The molecular weight excluding hydrogens is 300 g/mol. The Morgan fingerprint density at radius 3 is 2.39 bits per heavy atom. The summed E-state index contributed by atoms with van der Waals surface area (Å²) in [5, 5.41) is 2.82. The number of nitrogens with two attached hydrogens (primary N) is 1. The summed E-state index contributed by atoms with van der Waals surface area (Å²) in [6, 6.07) is 6.98. The Morgan fingerprint density at radius 2 is 1.94 bits per heavy atom. The van der Waals surface area contributed by atoms with Gasteiger partial charge in [0, 0.05) is 10.0 Å². The second-order valence-electron chi connectivity index (χ2n) is 4.38. The van der Waals surface area contributed by atoms with Crippen LogP contribution in [-0.4, -0.2) is 30.6 Å². The fraction of sp³-hybridized carbons (Fsp3) is 0.333. The normalized spacial score (nSPS) is 16.7. The zero-order valence-electron chi connectivity index (χ0n) is 9.61. The molecule has 0 saturated carbocycles. The van der Waals surface area contributed by atoms with E-state index in [1.165, 1.54) is 0 Å². The fourth-order valence-corrected chi connectivity index (χ4v) is 2.08. The Kier molecular flexibility index (Phi) is 3.68. The Morgan fingerprint density at radius 1 is 1.33 bits per heavy atom. The van der Waals surface area contributed by atoms with Gasteiger partial charge >= 0.3 is 0 Å². The summed E-state index contributed by atoms with van der Waals surface area (Å²) in [4.78, 5) is 23.0. The summed E-state index contributed by atoms with van der Waals surface area (Å²) in [5.74, 6) is -0.679. The third-order valence-corrected chi connectivity index (χ3v) is 3.28. The maximum absolute atomic E-state index is 12.0.